The zero-order valence-corrected chi connectivity index (χ0v) is 11.6. The fourth-order valence-electron chi connectivity index (χ4n) is 2.72. The maximum atomic E-state index is 11.9. The second kappa shape index (κ2) is 6.59. The van der Waals surface area contributed by atoms with E-state index in [0.717, 1.165) is 0 Å². The summed E-state index contributed by atoms with van der Waals surface area (Å²) in [4.78, 5) is 26.6. The maximum Gasteiger partial charge on any atom is 0.321 e. The molecule has 1 saturated carbocycles. The molecule has 0 aromatic rings. The minimum Gasteiger partial charge on any atom is -0.339 e. The Morgan fingerprint density at radius 1 is 1.05 bits per heavy atom. The van der Waals surface area contributed by atoms with Gasteiger partial charge in [0, 0.05) is 39.3 Å². The Labute approximate surface area is 114 Å². The van der Waals surface area contributed by atoms with Crippen molar-refractivity contribution in [1.82, 2.24) is 15.1 Å². The van der Waals surface area contributed by atoms with E-state index in [9.17, 15) is 9.59 Å². The van der Waals surface area contributed by atoms with Gasteiger partial charge in [0.15, 0.2) is 0 Å². The van der Waals surface area contributed by atoms with E-state index < -0.39 is 0 Å². The summed E-state index contributed by atoms with van der Waals surface area (Å²) in [7, 11) is 0. The van der Waals surface area contributed by atoms with Crippen LogP contribution in [0, 0.1) is 5.92 Å². The number of hydrogen-bond donors (Lipinski definition) is 1. The Hall–Kier alpha value is -1.52. The molecule has 0 aromatic heterocycles. The van der Waals surface area contributed by atoms with Crippen LogP contribution >= 0.6 is 0 Å². The first-order chi connectivity index (χ1) is 9.16. The number of carbonyl (C=O) groups excluding carboxylic acids is 2. The molecular weight excluding hydrogens is 242 g/mol. The molecule has 2 rings (SSSR count). The minimum absolute atomic E-state index is 0.0579. The number of rotatable bonds is 2. The summed E-state index contributed by atoms with van der Waals surface area (Å²) in [6.07, 6.45) is 8.98. The summed E-state index contributed by atoms with van der Waals surface area (Å²) in [6, 6.07) is -0.0579. The maximum absolute atomic E-state index is 11.9. The highest BCUT2D eigenvalue weighted by atomic mass is 16.2. The molecule has 19 heavy (non-hydrogen) atoms. The highest BCUT2D eigenvalue weighted by Crippen LogP contribution is 2.25. The molecule has 0 radical (unpaired) electrons. The van der Waals surface area contributed by atoms with Crippen molar-refractivity contribution in [2.45, 2.75) is 32.6 Å². The Balaban J connectivity index is 1.70. The zero-order valence-electron chi connectivity index (χ0n) is 11.6. The topological polar surface area (TPSA) is 52.7 Å². The lowest BCUT2D eigenvalue weighted by Crippen LogP contribution is -2.52. The van der Waals surface area contributed by atoms with Crippen molar-refractivity contribution in [2.24, 2.45) is 5.92 Å². The van der Waals surface area contributed by atoms with Gasteiger partial charge in [-0.15, -0.1) is 0 Å². The van der Waals surface area contributed by atoms with Gasteiger partial charge in [-0.2, -0.15) is 0 Å². The minimum atomic E-state index is -0.0579. The van der Waals surface area contributed by atoms with Crippen molar-refractivity contribution < 1.29 is 9.59 Å². The summed E-state index contributed by atoms with van der Waals surface area (Å²) < 4.78 is 0. The van der Waals surface area contributed by atoms with Gasteiger partial charge >= 0.3 is 6.03 Å². The molecule has 0 aromatic carbocycles. The lowest BCUT2D eigenvalue weighted by atomic mass is 10.1. The highest BCUT2D eigenvalue weighted by Gasteiger charge is 2.21. The van der Waals surface area contributed by atoms with E-state index in [1.54, 1.807) is 22.9 Å². The van der Waals surface area contributed by atoms with Crippen LogP contribution in [-0.4, -0.2) is 47.9 Å². The summed E-state index contributed by atoms with van der Waals surface area (Å²) in [6.45, 7) is 4.07. The fourth-order valence-corrected chi connectivity index (χ4v) is 2.72. The van der Waals surface area contributed by atoms with Crippen LogP contribution in [0.3, 0.4) is 0 Å². The van der Waals surface area contributed by atoms with Crippen LogP contribution in [0.25, 0.3) is 0 Å². The standard InChI is InChI=1S/C14H23N3O2/c1-12(18)16-8-10-17(11-9-16)14(19)15-7-6-13-4-2-3-5-13/h6-7,13H,2-5,8-11H2,1H3,(H,15,19)/b7-6+. The molecule has 2 aliphatic rings. The molecule has 1 heterocycles. The van der Waals surface area contributed by atoms with E-state index in [1.807, 2.05) is 0 Å². The van der Waals surface area contributed by atoms with Crippen molar-refractivity contribution in [3.05, 3.63) is 12.3 Å². The van der Waals surface area contributed by atoms with Crippen molar-refractivity contribution in [3.63, 3.8) is 0 Å². The predicted molar refractivity (Wildman–Crippen MR) is 73.5 cm³/mol. The Bertz CT molecular complexity index is 354. The van der Waals surface area contributed by atoms with E-state index >= 15 is 0 Å². The number of urea groups is 1. The molecule has 0 atom stereocenters. The summed E-state index contributed by atoms with van der Waals surface area (Å²) >= 11 is 0. The molecule has 0 bridgehead atoms. The van der Waals surface area contributed by atoms with Gasteiger partial charge in [0.25, 0.3) is 0 Å². The first-order valence-electron chi connectivity index (χ1n) is 7.14. The molecular formula is C14H23N3O2. The molecule has 0 spiro atoms. The number of hydrogen-bond acceptors (Lipinski definition) is 2. The van der Waals surface area contributed by atoms with Gasteiger partial charge in [-0.05, 0) is 18.8 Å². The van der Waals surface area contributed by atoms with Gasteiger partial charge in [0.2, 0.25) is 5.91 Å². The highest BCUT2D eigenvalue weighted by molar-refractivity contribution is 5.76. The number of amides is 3. The third-order valence-electron chi connectivity index (χ3n) is 3.99. The second-order valence-corrected chi connectivity index (χ2v) is 5.35. The van der Waals surface area contributed by atoms with E-state index in [1.165, 1.54) is 25.7 Å². The molecule has 1 N–H and O–H groups in total. The fraction of sp³-hybridized carbons (Fsp3) is 0.714. The molecule has 1 aliphatic carbocycles. The van der Waals surface area contributed by atoms with E-state index in [0.29, 0.717) is 32.1 Å². The quantitative estimate of drug-likeness (QED) is 0.824. The normalized spacial score (nSPS) is 21.1. The lowest BCUT2D eigenvalue weighted by Gasteiger charge is -2.33. The monoisotopic (exact) mass is 265 g/mol. The van der Waals surface area contributed by atoms with Gasteiger partial charge in [0.05, 0.1) is 0 Å². The van der Waals surface area contributed by atoms with Crippen LogP contribution in [0.5, 0.6) is 0 Å². The van der Waals surface area contributed by atoms with Gasteiger partial charge in [-0.25, -0.2) is 4.79 Å². The van der Waals surface area contributed by atoms with Gasteiger partial charge in [0.1, 0.15) is 0 Å². The number of carbonyl (C=O) groups is 2. The van der Waals surface area contributed by atoms with Gasteiger partial charge in [-0.3, -0.25) is 4.79 Å². The van der Waals surface area contributed by atoms with Gasteiger partial charge in [-0.1, -0.05) is 18.9 Å². The Morgan fingerprint density at radius 2 is 1.63 bits per heavy atom. The Morgan fingerprint density at radius 3 is 2.21 bits per heavy atom. The van der Waals surface area contributed by atoms with Crippen LogP contribution in [0.15, 0.2) is 12.3 Å². The van der Waals surface area contributed by atoms with E-state index in [-0.39, 0.29) is 11.9 Å². The summed E-state index contributed by atoms with van der Waals surface area (Å²) in [5.74, 6) is 0.719. The SMILES string of the molecule is CC(=O)N1CCN(C(=O)N/C=C/C2CCCC2)CC1. The average Bonchev–Trinajstić information content (AvgIpc) is 2.92. The Kier molecular flexibility index (Phi) is 4.82. The number of nitrogens with one attached hydrogen (secondary N) is 1. The number of piperazine rings is 1. The van der Waals surface area contributed by atoms with Crippen molar-refractivity contribution in [2.75, 3.05) is 26.2 Å². The van der Waals surface area contributed by atoms with Crippen LogP contribution in [0.2, 0.25) is 0 Å². The molecule has 0 unspecified atom stereocenters. The van der Waals surface area contributed by atoms with Crippen molar-refractivity contribution >= 4 is 11.9 Å². The molecule has 106 valence electrons. The van der Waals surface area contributed by atoms with Crippen LogP contribution in [-0.2, 0) is 4.79 Å². The molecule has 5 nitrogen and oxygen atoms in total. The van der Waals surface area contributed by atoms with Crippen LogP contribution in [0.1, 0.15) is 32.6 Å². The van der Waals surface area contributed by atoms with E-state index in [2.05, 4.69) is 11.4 Å². The van der Waals surface area contributed by atoms with Gasteiger partial charge < -0.3 is 15.1 Å². The molecule has 3 amide bonds. The number of nitrogens with zero attached hydrogens (tertiary/aromatic N) is 2. The molecule has 1 saturated heterocycles. The third kappa shape index (κ3) is 3.98. The second-order valence-electron chi connectivity index (χ2n) is 5.35. The third-order valence-corrected chi connectivity index (χ3v) is 3.99. The first-order valence-corrected chi connectivity index (χ1v) is 7.14. The predicted octanol–water partition coefficient (Wildman–Crippen LogP) is 1.56. The van der Waals surface area contributed by atoms with Crippen molar-refractivity contribution in [3.8, 4) is 0 Å². The summed E-state index contributed by atoms with van der Waals surface area (Å²) in [5, 5.41) is 2.83. The largest absolute Gasteiger partial charge is 0.339 e. The lowest BCUT2D eigenvalue weighted by molar-refractivity contribution is -0.130. The van der Waals surface area contributed by atoms with E-state index in [4.69, 9.17) is 0 Å². The van der Waals surface area contributed by atoms with Crippen LogP contribution < -0.4 is 5.32 Å². The molecule has 5 heteroatoms. The molecule has 2 fully saturated rings. The first kappa shape index (κ1) is 13.9. The smallest absolute Gasteiger partial charge is 0.321 e. The average molecular weight is 265 g/mol. The number of allylic oxidation sites excluding steroid dienone is 1. The summed E-state index contributed by atoms with van der Waals surface area (Å²) in [5.41, 5.74) is 0. The zero-order chi connectivity index (χ0) is 13.7. The van der Waals surface area contributed by atoms with Crippen LogP contribution in [0.4, 0.5) is 4.79 Å². The molecule has 1 aliphatic heterocycles. The van der Waals surface area contributed by atoms with Crippen molar-refractivity contribution in [1.29, 1.82) is 0 Å².